The van der Waals surface area contributed by atoms with Crippen molar-refractivity contribution < 1.29 is 38.8 Å². The largest absolute Gasteiger partial charge is 0.479 e. The van der Waals surface area contributed by atoms with Gasteiger partial charge in [0.2, 0.25) is 0 Å². The number of carboxylic acid groups (broad SMARTS) is 1. The maximum Gasteiger partial charge on any atom is 0.339 e. The fourth-order valence-corrected chi connectivity index (χ4v) is 2.40. The summed E-state index contributed by atoms with van der Waals surface area (Å²) in [5, 5.41) is 29.5. The Balaban J connectivity index is 0.000000311. The molecule has 12 nitrogen and oxygen atoms in total. The number of rotatable bonds is 8. The second-order valence-electron chi connectivity index (χ2n) is 5.79. The molecule has 1 N–H and O–H groups in total. The van der Waals surface area contributed by atoms with Crippen LogP contribution in [0.2, 0.25) is 0 Å². The van der Waals surface area contributed by atoms with Gasteiger partial charge in [0, 0.05) is 38.5 Å². The molecule has 31 heavy (non-hydrogen) atoms. The summed E-state index contributed by atoms with van der Waals surface area (Å²) in [5.74, 6) is -1.68. The maximum absolute atomic E-state index is 11.3. The lowest BCUT2D eigenvalue weighted by Gasteiger charge is -2.12. The smallest absolute Gasteiger partial charge is 0.339 e. The number of carbonyl (C=O) groups excluding carboxylic acids is 1. The number of carbonyl (C=O) groups is 2. The summed E-state index contributed by atoms with van der Waals surface area (Å²) in [6, 6.07) is 10.7. The molecule has 0 heterocycles. The molecular weight excluding hydrogens is 416 g/mol. The predicted octanol–water partition coefficient (Wildman–Crippen LogP) is 2.82. The van der Waals surface area contributed by atoms with Gasteiger partial charge >= 0.3 is 11.9 Å². The first-order chi connectivity index (χ1) is 14.7. The number of esters is 1. The van der Waals surface area contributed by atoms with Crippen molar-refractivity contribution in [1.82, 2.24) is 0 Å². The van der Waals surface area contributed by atoms with Gasteiger partial charge in [0.15, 0.2) is 12.2 Å². The molecule has 0 radical (unpaired) electrons. The van der Waals surface area contributed by atoms with Crippen LogP contribution in [0.25, 0.3) is 0 Å². The first-order valence-corrected chi connectivity index (χ1v) is 8.51. The lowest BCUT2D eigenvalue weighted by Crippen LogP contribution is -2.15. The number of benzene rings is 2. The highest BCUT2D eigenvalue weighted by Gasteiger charge is 2.21. The summed E-state index contributed by atoms with van der Waals surface area (Å²) >= 11 is 0. The van der Waals surface area contributed by atoms with E-state index in [2.05, 4.69) is 4.74 Å². The first kappa shape index (κ1) is 25.1. The molecule has 0 aromatic heterocycles. The van der Waals surface area contributed by atoms with Gasteiger partial charge in [-0.05, 0) is 35.4 Å². The predicted molar refractivity (Wildman–Crippen MR) is 105 cm³/mol. The summed E-state index contributed by atoms with van der Waals surface area (Å²) in [6.07, 6.45) is -1.95. The third-order valence-corrected chi connectivity index (χ3v) is 3.92. The van der Waals surface area contributed by atoms with Gasteiger partial charge in [0.1, 0.15) is 0 Å². The van der Waals surface area contributed by atoms with Gasteiger partial charge in [-0.15, -0.1) is 0 Å². The van der Waals surface area contributed by atoms with Gasteiger partial charge in [0.25, 0.3) is 11.4 Å². The van der Waals surface area contributed by atoms with Crippen molar-refractivity contribution in [1.29, 1.82) is 0 Å². The average molecular weight is 436 g/mol. The van der Waals surface area contributed by atoms with E-state index in [0.717, 1.165) is 0 Å². The van der Waals surface area contributed by atoms with Gasteiger partial charge in [-0.3, -0.25) is 20.2 Å². The van der Waals surface area contributed by atoms with Crippen LogP contribution in [0, 0.1) is 20.2 Å². The van der Waals surface area contributed by atoms with Crippen LogP contribution in [0.1, 0.15) is 23.3 Å². The molecule has 166 valence electrons. The highest BCUT2D eigenvalue weighted by molar-refractivity contribution is 5.76. The second-order valence-corrected chi connectivity index (χ2v) is 5.79. The number of hydrogen-bond acceptors (Lipinski definition) is 9. The fraction of sp³-hybridized carbons (Fsp3) is 0.263. The molecule has 2 aromatic carbocycles. The molecular formula is C19H20N2O10. The van der Waals surface area contributed by atoms with E-state index in [1.165, 1.54) is 69.9 Å². The number of ether oxygens (including phenoxy) is 3. The van der Waals surface area contributed by atoms with Gasteiger partial charge in [0.05, 0.1) is 17.0 Å². The molecule has 0 fully saturated rings. The Labute approximate surface area is 176 Å². The fourth-order valence-electron chi connectivity index (χ4n) is 2.40. The molecule has 0 saturated carbocycles. The quantitative estimate of drug-likeness (QED) is 0.369. The number of nitro benzene ring substituents is 2. The molecule has 0 saturated heterocycles. The van der Waals surface area contributed by atoms with Crippen molar-refractivity contribution >= 4 is 23.3 Å². The van der Waals surface area contributed by atoms with E-state index >= 15 is 0 Å². The minimum Gasteiger partial charge on any atom is -0.479 e. The van der Waals surface area contributed by atoms with E-state index in [9.17, 15) is 29.8 Å². The average Bonchev–Trinajstić information content (AvgIpc) is 2.75. The number of hydrogen-bond donors (Lipinski definition) is 1. The van der Waals surface area contributed by atoms with Crippen molar-refractivity contribution in [3.63, 3.8) is 0 Å². The van der Waals surface area contributed by atoms with Crippen LogP contribution in [0.3, 0.4) is 0 Å². The van der Waals surface area contributed by atoms with Crippen LogP contribution in [-0.2, 0) is 23.8 Å². The third-order valence-electron chi connectivity index (χ3n) is 3.92. The number of aliphatic carboxylic acids is 1. The number of methoxy groups -OCH3 is 3. The van der Waals surface area contributed by atoms with E-state index in [1.807, 2.05) is 0 Å². The molecule has 0 aliphatic rings. The Morgan fingerprint density at radius 1 is 0.774 bits per heavy atom. The monoisotopic (exact) mass is 436 g/mol. The van der Waals surface area contributed by atoms with Gasteiger partial charge < -0.3 is 19.3 Å². The Morgan fingerprint density at radius 2 is 1.13 bits per heavy atom. The van der Waals surface area contributed by atoms with E-state index in [0.29, 0.717) is 11.1 Å². The molecule has 0 aliphatic carbocycles. The van der Waals surface area contributed by atoms with Crippen LogP contribution in [0.15, 0.2) is 48.5 Å². The molecule has 2 atom stereocenters. The van der Waals surface area contributed by atoms with Crippen molar-refractivity contribution in [2.24, 2.45) is 0 Å². The molecule has 12 heteroatoms. The van der Waals surface area contributed by atoms with E-state index in [1.54, 1.807) is 0 Å². The number of nitrogens with zero attached hydrogens (tertiary/aromatic N) is 2. The molecule has 2 unspecified atom stereocenters. The van der Waals surface area contributed by atoms with Gasteiger partial charge in [-0.2, -0.15) is 0 Å². The number of non-ortho nitro benzene ring substituents is 2. The number of nitro groups is 2. The summed E-state index contributed by atoms with van der Waals surface area (Å²) in [5.41, 5.74) is 0.762. The van der Waals surface area contributed by atoms with Crippen LogP contribution < -0.4 is 0 Å². The summed E-state index contributed by atoms with van der Waals surface area (Å²) in [4.78, 5) is 41.7. The Morgan fingerprint density at radius 3 is 1.39 bits per heavy atom. The highest BCUT2D eigenvalue weighted by atomic mass is 16.6. The topological polar surface area (TPSA) is 168 Å². The SMILES string of the molecule is COC(=O)C(OC)c1ccc([N+](=O)[O-])cc1.COC(C(=O)O)c1ccc([N+](=O)[O-])cc1. The van der Waals surface area contributed by atoms with Gasteiger partial charge in [-0.1, -0.05) is 0 Å². The minimum atomic E-state index is -1.13. The second kappa shape index (κ2) is 11.9. The summed E-state index contributed by atoms with van der Waals surface area (Å²) in [6.45, 7) is 0. The Kier molecular flexibility index (Phi) is 9.69. The minimum absolute atomic E-state index is 0.0385. The van der Waals surface area contributed by atoms with Crippen molar-refractivity contribution in [3.05, 3.63) is 79.9 Å². The molecule has 0 spiro atoms. The third kappa shape index (κ3) is 7.13. The summed E-state index contributed by atoms with van der Waals surface area (Å²) in [7, 11) is 3.88. The molecule has 0 amide bonds. The lowest BCUT2D eigenvalue weighted by molar-refractivity contribution is -0.385. The van der Waals surface area contributed by atoms with Crippen LogP contribution >= 0.6 is 0 Å². The summed E-state index contributed by atoms with van der Waals surface area (Å²) < 4.78 is 14.2. The zero-order chi connectivity index (χ0) is 23.6. The molecule has 2 aromatic rings. The van der Waals surface area contributed by atoms with Crippen LogP contribution in [0.5, 0.6) is 0 Å². The standard InChI is InChI=1S/C10H11NO5.C9H9NO5/c1-15-9(10(12)16-2)7-3-5-8(6-4-7)11(13)14;1-15-8(9(11)12)6-2-4-7(5-3-6)10(13)14/h3-6,9H,1-2H3;2-5,8H,1H3,(H,11,12). The normalized spacial score (nSPS) is 12.0. The zero-order valence-electron chi connectivity index (χ0n) is 16.8. The van der Waals surface area contributed by atoms with Crippen molar-refractivity contribution in [3.8, 4) is 0 Å². The van der Waals surface area contributed by atoms with E-state index in [4.69, 9.17) is 14.6 Å². The van der Waals surface area contributed by atoms with Crippen LogP contribution in [0.4, 0.5) is 11.4 Å². The first-order valence-electron chi connectivity index (χ1n) is 8.51. The Hall–Kier alpha value is -3.90. The molecule has 0 aliphatic heterocycles. The molecule has 0 bridgehead atoms. The van der Waals surface area contributed by atoms with Gasteiger partial charge in [-0.25, -0.2) is 9.59 Å². The Bertz CT molecular complexity index is 912. The van der Waals surface area contributed by atoms with E-state index in [-0.39, 0.29) is 11.4 Å². The lowest BCUT2D eigenvalue weighted by atomic mass is 10.1. The van der Waals surface area contributed by atoms with Crippen molar-refractivity contribution in [2.75, 3.05) is 21.3 Å². The maximum atomic E-state index is 11.3. The highest BCUT2D eigenvalue weighted by Crippen LogP contribution is 2.21. The van der Waals surface area contributed by atoms with Crippen LogP contribution in [-0.4, -0.2) is 48.2 Å². The number of carboxylic acids is 1. The zero-order valence-corrected chi connectivity index (χ0v) is 16.8. The van der Waals surface area contributed by atoms with E-state index < -0.39 is 34.0 Å². The van der Waals surface area contributed by atoms with Crippen molar-refractivity contribution in [2.45, 2.75) is 12.2 Å². The molecule has 2 rings (SSSR count).